The van der Waals surface area contributed by atoms with Crippen molar-refractivity contribution in [2.24, 2.45) is 5.73 Å². The third-order valence-electron chi connectivity index (χ3n) is 7.65. The minimum absolute atomic E-state index is 0.0285. The summed E-state index contributed by atoms with van der Waals surface area (Å²) >= 11 is 1.54. The molecule has 1 amide bonds. The van der Waals surface area contributed by atoms with Crippen LogP contribution in [0.1, 0.15) is 57.9 Å². The number of carbonyl (C=O) groups excluding carboxylic acids is 1. The number of carbonyl (C=O) groups is 1. The Morgan fingerprint density at radius 2 is 1.94 bits per heavy atom. The first kappa shape index (κ1) is 25.0. The van der Waals surface area contributed by atoms with Crippen LogP contribution in [0.5, 0.6) is 5.75 Å². The molecule has 0 radical (unpaired) electrons. The molecule has 0 saturated carbocycles. The van der Waals surface area contributed by atoms with Crippen LogP contribution in [0.2, 0.25) is 0 Å². The molecule has 4 heterocycles. The van der Waals surface area contributed by atoms with E-state index in [2.05, 4.69) is 13.0 Å². The molecule has 3 N–H and O–H groups in total. The van der Waals surface area contributed by atoms with Crippen LogP contribution in [-0.4, -0.2) is 42.6 Å². The van der Waals surface area contributed by atoms with Crippen molar-refractivity contribution in [3.63, 3.8) is 0 Å². The molecule has 2 aromatic carbocycles. The first-order valence-electron chi connectivity index (χ1n) is 12.8. The number of hydrogen-bond acceptors (Lipinski definition) is 6. The molecule has 6 rings (SSSR count). The van der Waals surface area contributed by atoms with Gasteiger partial charge in [0.25, 0.3) is 5.91 Å². The van der Waals surface area contributed by atoms with E-state index in [4.69, 9.17) is 15.1 Å². The van der Waals surface area contributed by atoms with Gasteiger partial charge in [-0.05, 0) is 59.6 Å². The molecule has 36 heavy (non-hydrogen) atoms. The van der Waals surface area contributed by atoms with Gasteiger partial charge in [0.2, 0.25) is 0 Å². The van der Waals surface area contributed by atoms with Gasteiger partial charge < -0.3 is 25.0 Å². The second kappa shape index (κ2) is 10.0. The van der Waals surface area contributed by atoms with E-state index >= 15 is 0 Å². The maximum Gasteiger partial charge on any atom is 0.491 e. The number of thiophene rings is 1. The van der Waals surface area contributed by atoms with E-state index in [0.29, 0.717) is 32.8 Å². The Labute approximate surface area is 217 Å². The van der Waals surface area contributed by atoms with Gasteiger partial charge in [0.1, 0.15) is 5.75 Å². The lowest BCUT2D eigenvalue weighted by Crippen LogP contribution is -2.45. The van der Waals surface area contributed by atoms with E-state index in [9.17, 15) is 9.82 Å². The van der Waals surface area contributed by atoms with Gasteiger partial charge in [-0.25, -0.2) is 0 Å². The molecule has 1 fully saturated rings. The number of piperidine rings is 1. The predicted molar refractivity (Wildman–Crippen MR) is 145 cm³/mol. The van der Waals surface area contributed by atoms with E-state index in [1.165, 1.54) is 5.56 Å². The number of ether oxygens (including phenoxy) is 1. The second-order valence-corrected chi connectivity index (χ2v) is 10.8. The minimum atomic E-state index is -0.874. The van der Waals surface area contributed by atoms with Gasteiger partial charge in [-0.1, -0.05) is 44.2 Å². The quantitative estimate of drug-likeness (QED) is 0.527. The van der Waals surface area contributed by atoms with Crippen molar-refractivity contribution in [1.29, 1.82) is 0 Å². The molecular weight excluding hydrogens is 471 g/mol. The van der Waals surface area contributed by atoms with Crippen LogP contribution in [0.25, 0.3) is 11.1 Å². The van der Waals surface area contributed by atoms with Crippen LogP contribution in [0.3, 0.4) is 0 Å². The smallest absolute Gasteiger partial charge is 0.491 e. The highest BCUT2D eigenvalue weighted by atomic mass is 32.1. The Morgan fingerprint density at radius 3 is 2.69 bits per heavy atom. The molecule has 6 nitrogen and oxygen atoms in total. The number of hydrogen-bond donors (Lipinski definition) is 2. The Hall–Kier alpha value is -2.65. The van der Waals surface area contributed by atoms with Crippen molar-refractivity contribution >= 4 is 29.8 Å². The van der Waals surface area contributed by atoms with Crippen LogP contribution < -0.4 is 15.9 Å². The lowest BCUT2D eigenvalue weighted by atomic mass is 9.74. The lowest BCUT2D eigenvalue weighted by molar-refractivity contribution is 0.0651. The SMILES string of the molecule is CC.Cc1sc(C(=O)N2CCC3(CC2)COc2ccc(CN)cc23)cc1-c1cccc2c1COB2O. The number of rotatable bonds is 3. The van der Waals surface area contributed by atoms with Gasteiger partial charge in [0, 0.05) is 35.5 Å². The molecule has 1 aromatic heterocycles. The number of benzene rings is 2. The van der Waals surface area contributed by atoms with E-state index in [1.807, 2.05) is 55.1 Å². The normalized spacial score (nSPS) is 17.4. The highest BCUT2D eigenvalue weighted by molar-refractivity contribution is 7.14. The molecule has 3 aliphatic rings. The van der Waals surface area contributed by atoms with Crippen molar-refractivity contribution < 1.29 is 19.2 Å². The van der Waals surface area contributed by atoms with Gasteiger partial charge in [-0.2, -0.15) is 0 Å². The van der Waals surface area contributed by atoms with Crippen LogP contribution in [0.4, 0.5) is 0 Å². The summed E-state index contributed by atoms with van der Waals surface area (Å²) in [6.07, 6.45) is 1.77. The number of nitrogens with zero attached hydrogens (tertiary/aromatic N) is 1. The summed E-state index contributed by atoms with van der Waals surface area (Å²) in [5.74, 6) is 1.05. The zero-order valence-corrected chi connectivity index (χ0v) is 22.0. The molecule has 0 atom stereocenters. The maximum absolute atomic E-state index is 13.5. The van der Waals surface area contributed by atoms with Gasteiger partial charge in [-0.15, -0.1) is 11.3 Å². The van der Waals surface area contributed by atoms with Crippen molar-refractivity contribution in [3.8, 4) is 16.9 Å². The Balaban J connectivity index is 0.00000130. The Kier molecular flexibility index (Phi) is 6.96. The van der Waals surface area contributed by atoms with Gasteiger partial charge in [0.05, 0.1) is 18.1 Å². The van der Waals surface area contributed by atoms with Crippen molar-refractivity contribution in [2.45, 2.75) is 52.2 Å². The summed E-state index contributed by atoms with van der Waals surface area (Å²) in [5, 5.41) is 10.1. The third-order valence-corrected chi connectivity index (χ3v) is 8.68. The summed E-state index contributed by atoms with van der Waals surface area (Å²) in [4.78, 5) is 17.3. The fourth-order valence-electron chi connectivity index (χ4n) is 5.60. The fraction of sp³-hybridized carbons (Fsp3) is 0.393. The van der Waals surface area contributed by atoms with E-state index in [1.54, 1.807) is 11.3 Å². The third kappa shape index (κ3) is 4.16. The number of aryl methyl sites for hydroxylation is 1. The molecule has 1 saturated heterocycles. The van der Waals surface area contributed by atoms with E-state index in [0.717, 1.165) is 56.1 Å². The van der Waals surface area contributed by atoms with Crippen molar-refractivity contribution in [3.05, 3.63) is 68.9 Å². The molecule has 188 valence electrons. The largest absolute Gasteiger partial charge is 0.492 e. The first-order valence-corrected chi connectivity index (χ1v) is 13.6. The number of amides is 1. The molecular formula is C28H33BN2O4S. The summed E-state index contributed by atoms with van der Waals surface area (Å²) in [5.41, 5.74) is 12.1. The monoisotopic (exact) mass is 504 g/mol. The van der Waals surface area contributed by atoms with Crippen LogP contribution in [-0.2, 0) is 23.2 Å². The second-order valence-electron chi connectivity index (χ2n) is 9.51. The molecule has 0 bridgehead atoms. The fourth-order valence-corrected chi connectivity index (χ4v) is 6.60. The lowest BCUT2D eigenvalue weighted by Gasteiger charge is -2.38. The maximum atomic E-state index is 13.5. The van der Waals surface area contributed by atoms with E-state index < -0.39 is 7.12 Å². The van der Waals surface area contributed by atoms with Crippen LogP contribution in [0.15, 0.2) is 42.5 Å². The summed E-state index contributed by atoms with van der Waals surface area (Å²) in [6.45, 7) is 9.05. The highest BCUT2D eigenvalue weighted by Gasteiger charge is 2.44. The van der Waals surface area contributed by atoms with Crippen molar-refractivity contribution in [1.82, 2.24) is 4.90 Å². The molecule has 8 heteroatoms. The predicted octanol–water partition coefficient (Wildman–Crippen LogP) is 3.99. The zero-order chi connectivity index (χ0) is 25.4. The topological polar surface area (TPSA) is 85.0 Å². The number of nitrogens with two attached hydrogens (primary N) is 1. The van der Waals surface area contributed by atoms with Crippen molar-refractivity contribution in [2.75, 3.05) is 19.7 Å². The number of likely N-dealkylation sites (tertiary alicyclic amines) is 1. The number of fused-ring (bicyclic) bond motifs is 3. The summed E-state index contributed by atoms with van der Waals surface area (Å²) in [7, 11) is -0.874. The summed E-state index contributed by atoms with van der Waals surface area (Å²) in [6, 6.07) is 14.1. The molecule has 3 aliphatic heterocycles. The van der Waals surface area contributed by atoms with Crippen LogP contribution >= 0.6 is 11.3 Å². The van der Waals surface area contributed by atoms with Gasteiger partial charge in [0.15, 0.2) is 0 Å². The van der Waals surface area contributed by atoms with E-state index in [-0.39, 0.29) is 11.3 Å². The molecule has 0 aliphatic carbocycles. The first-order chi connectivity index (χ1) is 17.5. The van der Waals surface area contributed by atoms with Gasteiger partial charge >= 0.3 is 7.12 Å². The molecule has 1 spiro atoms. The minimum Gasteiger partial charge on any atom is -0.492 e. The van der Waals surface area contributed by atoms with Crippen LogP contribution in [0, 0.1) is 6.92 Å². The average Bonchev–Trinajstić information content (AvgIpc) is 3.61. The Bertz CT molecular complexity index is 1280. The van der Waals surface area contributed by atoms with Gasteiger partial charge in [-0.3, -0.25) is 4.79 Å². The average molecular weight is 504 g/mol. The molecule has 0 unspecified atom stereocenters. The summed E-state index contributed by atoms with van der Waals surface area (Å²) < 4.78 is 11.4. The zero-order valence-electron chi connectivity index (χ0n) is 21.2. The standard InChI is InChI=1S/C26H27BN2O4S.C2H6/c1-16-19(18-3-2-4-22-20(18)14-33-27(22)31)12-24(34-16)25(30)29-9-7-26(8-10-29)15-32-23-6-5-17(13-28)11-21(23)26;1-2/h2-6,11-12,31H,7-10,13-15,28H2,1H3;1-2H3. The molecule has 3 aromatic rings. The highest BCUT2D eigenvalue weighted by Crippen LogP contribution is 2.46. The Morgan fingerprint density at radius 1 is 1.17 bits per heavy atom.